The average molecular weight is 390 g/mol. The zero-order valence-electron chi connectivity index (χ0n) is 16.2. The number of piperidine rings is 3. The summed E-state index contributed by atoms with van der Waals surface area (Å²) in [6.07, 6.45) is 2.33. The van der Waals surface area contributed by atoms with Crippen molar-refractivity contribution in [1.29, 1.82) is 0 Å². The lowest BCUT2D eigenvalue weighted by Gasteiger charge is -2.36. The molecule has 9 nitrogen and oxygen atoms in total. The minimum Gasteiger partial charge on any atom is -0.391 e. The minimum absolute atomic E-state index is 0.0614. The first-order valence-electron chi connectivity index (χ1n) is 10.3. The van der Waals surface area contributed by atoms with Crippen LogP contribution in [0.1, 0.15) is 12.8 Å². The molecule has 0 aliphatic carbocycles. The summed E-state index contributed by atoms with van der Waals surface area (Å²) in [4.78, 5) is 16.3. The van der Waals surface area contributed by atoms with Gasteiger partial charge in [0.25, 0.3) is 5.69 Å². The molecule has 1 aromatic rings. The molecule has 5 rings (SSSR count). The Hall–Kier alpha value is -2.23. The first kappa shape index (κ1) is 19.1. The standard InChI is InChI=1S/C19H28N6O3/c26-12-11-22-7-9-24(10-8-22)16-1-2-19(25(27)28)17(13-16)20-21-18-14-23-5-3-15(18)4-6-23/h1-2,13,15,20,26H,3-12,14H2/p+2/b21-18+. The number of hydrogen-bond donors (Lipinski definition) is 4. The molecule has 2 bridgehead atoms. The second-order valence-electron chi connectivity index (χ2n) is 8.09. The van der Waals surface area contributed by atoms with Gasteiger partial charge in [-0.1, -0.05) is 0 Å². The lowest BCUT2D eigenvalue weighted by atomic mass is 9.87. The molecule has 0 amide bonds. The SMILES string of the molecule is O=[N+]([O-])c1ccc(N2CC[NH+](CCO)CC2)cc1N/N=C1\C[NH+]2CCC1CC2. The van der Waals surface area contributed by atoms with E-state index in [4.69, 9.17) is 5.11 Å². The predicted octanol–water partition coefficient (Wildman–Crippen LogP) is -1.63. The Bertz CT molecular complexity index is 739. The van der Waals surface area contributed by atoms with Gasteiger partial charge in [-0.15, -0.1) is 0 Å². The van der Waals surface area contributed by atoms with E-state index in [2.05, 4.69) is 15.4 Å². The summed E-state index contributed by atoms with van der Waals surface area (Å²) in [6.45, 7) is 8.03. The number of aliphatic hydroxyl groups is 1. The highest BCUT2D eigenvalue weighted by atomic mass is 16.6. The molecule has 4 heterocycles. The van der Waals surface area contributed by atoms with Crippen LogP contribution in [0.4, 0.5) is 17.1 Å². The topological polar surface area (TPSA) is 99.9 Å². The number of piperazine rings is 1. The van der Waals surface area contributed by atoms with Gasteiger partial charge in [0.1, 0.15) is 18.8 Å². The van der Waals surface area contributed by atoms with Crippen LogP contribution in [-0.4, -0.2) is 74.7 Å². The molecular formula is C19H30N6O3+2. The average Bonchev–Trinajstić information content (AvgIpc) is 2.73. The number of nitro benzene ring substituents is 1. The van der Waals surface area contributed by atoms with E-state index in [9.17, 15) is 10.1 Å². The highest BCUT2D eigenvalue weighted by molar-refractivity contribution is 5.89. The van der Waals surface area contributed by atoms with Gasteiger partial charge in [0.15, 0.2) is 0 Å². The van der Waals surface area contributed by atoms with E-state index in [-0.39, 0.29) is 17.2 Å². The van der Waals surface area contributed by atoms with E-state index in [0.29, 0.717) is 11.6 Å². The van der Waals surface area contributed by atoms with E-state index in [1.54, 1.807) is 11.0 Å². The third-order valence-electron chi connectivity index (χ3n) is 6.39. The Kier molecular flexibility index (Phi) is 5.74. The number of anilines is 2. The zero-order valence-corrected chi connectivity index (χ0v) is 16.2. The Morgan fingerprint density at radius 3 is 2.61 bits per heavy atom. The number of hydrogen-bond acceptors (Lipinski definition) is 6. The fraction of sp³-hybridized carbons (Fsp3) is 0.632. The first-order chi connectivity index (χ1) is 13.6. The van der Waals surface area contributed by atoms with E-state index in [1.807, 2.05) is 12.1 Å². The highest BCUT2D eigenvalue weighted by Gasteiger charge is 2.34. The number of nitrogens with zero attached hydrogens (tertiary/aromatic N) is 3. The third kappa shape index (κ3) is 4.11. The van der Waals surface area contributed by atoms with Gasteiger partial charge in [0, 0.05) is 30.5 Å². The molecule has 4 fully saturated rings. The maximum Gasteiger partial charge on any atom is 0.294 e. The van der Waals surface area contributed by atoms with Gasteiger partial charge in [-0.25, -0.2) is 0 Å². The molecule has 4 N–H and O–H groups in total. The number of benzene rings is 1. The molecule has 9 heteroatoms. The second kappa shape index (κ2) is 8.42. The molecule has 0 unspecified atom stereocenters. The van der Waals surface area contributed by atoms with E-state index in [0.717, 1.165) is 50.7 Å². The minimum atomic E-state index is -0.350. The molecule has 0 spiro atoms. The lowest BCUT2D eigenvalue weighted by molar-refractivity contribution is -0.902. The predicted molar refractivity (Wildman–Crippen MR) is 107 cm³/mol. The van der Waals surface area contributed by atoms with Crippen LogP contribution in [0, 0.1) is 16.0 Å². The molecular weight excluding hydrogens is 360 g/mol. The Morgan fingerprint density at radius 1 is 1.25 bits per heavy atom. The molecule has 4 saturated heterocycles. The van der Waals surface area contributed by atoms with Crippen LogP contribution in [-0.2, 0) is 0 Å². The molecule has 1 aromatic carbocycles. The summed E-state index contributed by atoms with van der Waals surface area (Å²) >= 11 is 0. The van der Waals surface area contributed by atoms with Crippen LogP contribution in [0.2, 0.25) is 0 Å². The highest BCUT2D eigenvalue weighted by Crippen LogP contribution is 2.30. The van der Waals surface area contributed by atoms with Crippen molar-refractivity contribution in [3.63, 3.8) is 0 Å². The number of aliphatic hydroxyl groups excluding tert-OH is 1. The van der Waals surface area contributed by atoms with Crippen molar-refractivity contribution in [1.82, 2.24) is 0 Å². The largest absolute Gasteiger partial charge is 0.391 e. The quantitative estimate of drug-likeness (QED) is 0.345. The van der Waals surface area contributed by atoms with Crippen LogP contribution in [0.25, 0.3) is 0 Å². The summed E-state index contributed by atoms with van der Waals surface area (Å²) in [5.41, 5.74) is 5.68. The molecule has 152 valence electrons. The number of quaternary nitrogens is 2. The molecule has 4 aliphatic heterocycles. The van der Waals surface area contributed by atoms with Crippen LogP contribution in [0.5, 0.6) is 0 Å². The second-order valence-corrected chi connectivity index (χ2v) is 8.09. The van der Waals surface area contributed by atoms with Crippen molar-refractivity contribution in [2.45, 2.75) is 12.8 Å². The molecule has 0 saturated carbocycles. The van der Waals surface area contributed by atoms with E-state index < -0.39 is 0 Å². The van der Waals surface area contributed by atoms with Gasteiger partial charge in [0.2, 0.25) is 0 Å². The summed E-state index contributed by atoms with van der Waals surface area (Å²) in [6, 6.07) is 5.26. The number of nitrogens with one attached hydrogen (secondary N) is 3. The van der Waals surface area contributed by atoms with Crippen molar-refractivity contribution >= 4 is 22.8 Å². The first-order valence-corrected chi connectivity index (χ1v) is 10.3. The molecule has 0 radical (unpaired) electrons. The summed E-state index contributed by atoms with van der Waals surface area (Å²) in [7, 11) is 0. The Labute approximate surface area is 164 Å². The number of nitro groups is 1. The van der Waals surface area contributed by atoms with Crippen molar-refractivity contribution in [3.8, 4) is 0 Å². The smallest absolute Gasteiger partial charge is 0.294 e. The Morgan fingerprint density at radius 2 is 2.00 bits per heavy atom. The van der Waals surface area contributed by atoms with Crippen molar-refractivity contribution in [3.05, 3.63) is 28.3 Å². The van der Waals surface area contributed by atoms with Crippen molar-refractivity contribution in [2.75, 3.05) is 69.3 Å². The normalized spacial score (nSPS) is 26.6. The van der Waals surface area contributed by atoms with Gasteiger partial charge in [-0.2, -0.15) is 5.10 Å². The summed E-state index contributed by atoms with van der Waals surface area (Å²) in [5, 5.41) is 25.2. The van der Waals surface area contributed by atoms with Gasteiger partial charge in [0.05, 0.1) is 56.5 Å². The van der Waals surface area contributed by atoms with Crippen LogP contribution < -0.4 is 20.1 Å². The van der Waals surface area contributed by atoms with Crippen molar-refractivity contribution < 1.29 is 19.8 Å². The maximum atomic E-state index is 11.5. The maximum absolute atomic E-state index is 11.5. The fourth-order valence-electron chi connectivity index (χ4n) is 4.66. The summed E-state index contributed by atoms with van der Waals surface area (Å²) in [5.74, 6) is 0.523. The molecule has 0 aromatic heterocycles. The van der Waals surface area contributed by atoms with E-state index >= 15 is 0 Å². The number of fused-ring (bicyclic) bond motifs is 3. The third-order valence-corrected chi connectivity index (χ3v) is 6.39. The van der Waals surface area contributed by atoms with Gasteiger partial charge in [-0.3, -0.25) is 15.5 Å². The van der Waals surface area contributed by atoms with Gasteiger partial charge >= 0.3 is 0 Å². The molecule has 4 aliphatic rings. The fourth-order valence-corrected chi connectivity index (χ4v) is 4.66. The molecule has 28 heavy (non-hydrogen) atoms. The Balaban J connectivity index is 1.49. The van der Waals surface area contributed by atoms with Crippen LogP contribution >= 0.6 is 0 Å². The summed E-state index contributed by atoms with van der Waals surface area (Å²) < 4.78 is 0. The number of rotatable bonds is 6. The van der Waals surface area contributed by atoms with E-state index in [1.165, 1.54) is 30.8 Å². The van der Waals surface area contributed by atoms with Crippen molar-refractivity contribution in [2.24, 2.45) is 11.0 Å². The van der Waals surface area contributed by atoms with Crippen LogP contribution in [0.3, 0.4) is 0 Å². The monoisotopic (exact) mass is 390 g/mol. The molecule has 0 atom stereocenters. The number of hydrazone groups is 1. The lowest BCUT2D eigenvalue weighted by Crippen LogP contribution is -3.16. The van der Waals surface area contributed by atoms with Gasteiger partial charge in [-0.05, 0) is 12.1 Å². The zero-order chi connectivity index (χ0) is 19.5. The van der Waals surface area contributed by atoms with Gasteiger partial charge < -0.3 is 19.8 Å². The van der Waals surface area contributed by atoms with Crippen LogP contribution in [0.15, 0.2) is 23.3 Å².